The molecule has 0 heterocycles. The number of benzene rings is 3. The van der Waals surface area contributed by atoms with Crippen LogP contribution < -0.4 is 20.9 Å². The molecule has 0 nitrogen and oxygen atoms in total. The zero-order valence-corrected chi connectivity index (χ0v) is 27.6. The van der Waals surface area contributed by atoms with Gasteiger partial charge in [0.2, 0.25) is 0 Å². The molecule has 0 radical (unpaired) electrons. The van der Waals surface area contributed by atoms with E-state index < -0.39 is 0 Å². The Morgan fingerprint density at radius 3 is 2.54 bits per heavy atom. The molecule has 8 aliphatic carbocycles. The third-order valence-electron chi connectivity index (χ3n) is 14.1. The lowest BCUT2D eigenvalue weighted by molar-refractivity contribution is 0.169. The van der Waals surface area contributed by atoms with Crippen molar-refractivity contribution in [2.24, 2.45) is 29.1 Å². The molecule has 2 saturated carbocycles. The van der Waals surface area contributed by atoms with Crippen LogP contribution in [-0.2, 0) is 5.41 Å². The van der Waals surface area contributed by atoms with E-state index in [-0.39, 0.29) is 10.8 Å². The second-order valence-electron chi connectivity index (χ2n) is 16.7. The number of hydrogen-bond donors (Lipinski definition) is 0. The van der Waals surface area contributed by atoms with E-state index in [0.717, 1.165) is 6.42 Å². The van der Waals surface area contributed by atoms with Gasteiger partial charge in [-0.3, -0.25) is 0 Å². The molecule has 46 heavy (non-hydrogen) atoms. The third-order valence-corrected chi connectivity index (χ3v) is 14.1. The Balaban J connectivity index is 1.19. The fourth-order valence-corrected chi connectivity index (χ4v) is 12.1. The van der Waals surface area contributed by atoms with Gasteiger partial charge in [-0.1, -0.05) is 113 Å². The molecule has 11 rings (SSSR count). The highest BCUT2D eigenvalue weighted by atomic mass is 14.6. The van der Waals surface area contributed by atoms with Crippen molar-refractivity contribution >= 4 is 39.6 Å². The van der Waals surface area contributed by atoms with E-state index >= 15 is 0 Å². The van der Waals surface area contributed by atoms with Crippen LogP contribution in [0.1, 0.15) is 82.4 Å². The van der Waals surface area contributed by atoms with Crippen molar-refractivity contribution in [1.82, 2.24) is 0 Å². The van der Waals surface area contributed by atoms with E-state index in [2.05, 4.69) is 119 Å². The molecule has 226 valence electrons. The highest BCUT2D eigenvalue weighted by molar-refractivity contribution is 5.98. The van der Waals surface area contributed by atoms with E-state index in [1.807, 2.05) is 0 Å². The lowest BCUT2D eigenvalue weighted by Gasteiger charge is -2.45. The molecule has 0 heteroatoms. The first-order valence-corrected chi connectivity index (χ1v) is 18.0. The van der Waals surface area contributed by atoms with Gasteiger partial charge in [-0.05, 0) is 149 Å². The monoisotopic (exact) mass is 594 g/mol. The van der Waals surface area contributed by atoms with Gasteiger partial charge in [0.25, 0.3) is 0 Å². The first-order valence-electron chi connectivity index (χ1n) is 18.0. The number of hydrogen-bond acceptors (Lipinski definition) is 0. The molecule has 0 aliphatic heterocycles. The summed E-state index contributed by atoms with van der Waals surface area (Å²) in [4.78, 5) is 0. The fourth-order valence-electron chi connectivity index (χ4n) is 12.1. The van der Waals surface area contributed by atoms with Gasteiger partial charge in [0, 0.05) is 11.3 Å². The van der Waals surface area contributed by atoms with E-state index in [9.17, 15) is 0 Å². The summed E-state index contributed by atoms with van der Waals surface area (Å²) in [5.74, 6) is 2.93. The molecule has 0 saturated heterocycles. The van der Waals surface area contributed by atoms with Crippen LogP contribution in [0.25, 0.3) is 39.6 Å². The molecule has 3 aromatic carbocycles. The van der Waals surface area contributed by atoms with Gasteiger partial charge >= 0.3 is 0 Å². The van der Waals surface area contributed by atoms with Gasteiger partial charge in [0.05, 0.1) is 0 Å². The largest absolute Gasteiger partial charge is 0.0839 e. The predicted molar refractivity (Wildman–Crippen MR) is 193 cm³/mol. The Kier molecular flexibility index (Phi) is 4.85. The first-order chi connectivity index (χ1) is 22.3. The zero-order chi connectivity index (χ0) is 30.7. The van der Waals surface area contributed by atoms with Crippen molar-refractivity contribution in [3.8, 4) is 0 Å². The van der Waals surface area contributed by atoms with Crippen LogP contribution in [-0.4, -0.2) is 0 Å². The number of allylic oxidation sites excluding steroid dienone is 10. The fraction of sp³-hybridized carbons (Fsp3) is 0.348. The Morgan fingerprint density at radius 2 is 1.67 bits per heavy atom. The second-order valence-corrected chi connectivity index (χ2v) is 16.7. The second kappa shape index (κ2) is 8.51. The topological polar surface area (TPSA) is 0 Å². The molecule has 0 amide bonds. The van der Waals surface area contributed by atoms with Crippen molar-refractivity contribution in [1.29, 1.82) is 0 Å². The maximum absolute atomic E-state index is 2.74. The van der Waals surface area contributed by atoms with Crippen LogP contribution in [0, 0.1) is 29.1 Å². The number of rotatable bonds is 0. The Labute approximate surface area is 272 Å². The van der Waals surface area contributed by atoms with Crippen LogP contribution in [0.2, 0.25) is 0 Å². The van der Waals surface area contributed by atoms with Crippen LogP contribution in [0.4, 0.5) is 0 Å². The lowest BCUT2D eigenvalue weighted by atomic mass is 9.58. The summed E-state index contributed by atoms with van der Waals surface area (Å²) in [5, 5.41) is 8.99. The average molecular weight is 595 g/mol. The minimum Gasteiger partial charge on any atom is -0.0839 e. The highest BCUT2D eigenvalue weighted by Gasteiger charge is 2.57. The summed E-state index contributed by atoms with van der Waals surface area (Å²) >= 11 is 0. The van der Waals surface area contributed by atoms with Crippen LogP contribution in [0.15, 0.2) is 95.6 Å². The molecule has 0 N–H and O–H groups in total. The van der Waals surface area contributed by atoms with Crippen molar-refractivity contribution < 1.29 is 0 Å². The smallest absolute Gasteiger partial charge is 0.0156 e. The lowest BCUT2D eigenvalue weighted by Crippen LogP contribution is -2.45. The summed E-state index contributed by atoms with van der Waals surface area (Å²) in [6, 6.07) is 16.9. The van der Waals surface area contributed by atoms with Gasteiger partial charge in [-0.25, -0.2) is 0 Å². The van der Waals surface area contributed by atoms with Crippen LogP contribution in [0.5, 0.6) is 0 Å². The third kappa shape index (κ3) is 2.99. The summed E-state index contributed by atoms with van der Waals surface area (Å²) in [7, 11) is 0. The minimum absolute atomic E-state index is 0.00842. The maximum Gasteiger partial charge on any atom is 0.0156 e. The Hall–Kier alpha value is -3.90. The number of fused-ring (bicyclic) bond motifs is 11. The van der Waals surface area contributed by atoms with E-state index in [0.29, 0.717) is 29.6 Å². The molecule has 3 aromatic rings. The first kappa shape index (κ1) is 26.2. The highest BCUT2D eigenvalue weighted by Crippen LogP contribution is 2.66. The molecular formula is C46H42. The molecule has 5 atom stereocenters. The van der Waals surface area contributed by atoms with Gasteiger partial charge in [-0.15, -0.1) is 0 Å². The van der Waals surface area contributed by atoms with Crippen LogP contribution in [0.3, 0.4) is 0 Å². The van der Waals surface area contributed by atoms with Crippen molar-refractivity contribution in [2.45, 2.75) is 71.1 Å². The van der Waals surface area contributed by atoms with Gasteiger partial charge in [0.15, 0.2) is 0 Å². The summed E-state index contributed by atoms with van der Waals surface area (Å²) in [6.07, 6.45) is 25.7. The molecule has 8 aliphatic rings. The quantitative estimate of drug-likeness (QED) is 0.247. The van der Waals surface area contributed by atoms with Crippen molar-refractivity contribution in [3.05, 3.63) is 133 Å². The SMILES string of the molecule is CC1(C)C2=C(CC3C(=C2)C2=c4ccccc4=C4C5=CC=CCC5CCC4C2C3(C)C)c2c1cc1ccc3c4c1c2=CCC4C=CC=3. The standard InChI is InChI=1S/C46H42/c1-45(2)36-24-35-37(23-34(36)42-32-20-19-27-12-9-11-26-16-17-28(22-38(42)45)40(32)39(26)27)46(3,4)44-33-21-18-25-10-5-6-13-29(25)41(33)30-14-7-8-15-31(30)43(35)44/h5-9,11-17,20,22,24-25,27,33,37,44H,10,18-19,21,23H2,1-4H3. The van der Waals surface area contributed by atoms with Crippen molar-refractivity contribution in [3.63, 3.8) is 0 Å². The summed E-state index contributed by atoms with van der Waals surface area (Å²) in [5.41, 5.74) is 14.8. The summed E-state index contributed by atoms with van der Waals surface area (Å²) < 4.78 is 0. The Morgan fingerprint density at radius 1 is 0.826 bits per heavy atom. The van der Waals surface area contributed by atoms with Crippen LogP contribution >= 0.6 is 0 Å². The minimum atomic E-state index is -0.00842. The molecule has 2 fully saturated rings. The van der Waals surface area contributed by atoms with Crippen molar-refractivity contribution in [2.75, 3.05) is 0 Å². The molecular weight excluding hydrogens is 553 g/mol. The van der Waals surface area contributed by atoms with E-state index in [4.69, 9.17) is 0 Å². The predicted octanol–water partition coefficient (Wildman–Crippen LogP) is 8.03. The van der Waals surface area contributed by atoms with E-state index in [1.54, 1.807) is 50.1 Å². The molecule has 0 aromatic heterocycles. The molecule has 0 bridgehead atoms. The zero-order valence-electron chi connectivity index (χ0n) is 27.6. The Bertz CT molecular complexity index is 2410. The maximum atomic E-state index is 2.74. The average Bonchev–Trinajstić information content (AvgIpc) is 3.45. The molecule has 0 spiro atoms. The van der Waals surface area contributed by atoms with Gasteiger partial charge in [0.1, 0.15) is 0 Å². The molecule has 5 unspecified atom stereocenters. The van der Waals surface area contributed by atoms with E-state index in [1.165, 1.54) is 57.3 Å². The summed E-state index contributed by atoms with van der Waals surface area (Å²) in [6.45, 7) is 10.3. The normalized spacial score (nSPS) is 31.0. The van der Waals surface area contributed by atoms with Gasteiger partial charge < -0.3 is 0 Å². The van der Waals surface area contributed by atoms with Gasteiger partial charge in [-0.2, -0.15) is 0 Å².